The molecule has 1 heterocycles. The number of azide groups is 1. The summed E-state index contributed by atoms with van der Waals surface area (Å²) in [7, 11) is 0. The molecule has 0 N–H and O–H groups in total. The fourth-order valence-corrected chi connectivity index (χ4v) is 4.63. The lowest BCUT2D eigenvalue weighted by molar-refractivity contribution is -0.209. The molecule has 3 unspecified atom stereocenters. The largest absolute Gasteiger partial charge is 0.457 e. The van der Waals surface area contributed by atoms with Gasteiger partial charge in [-0.3, -0.25) is 4.79 Å². The minimum absolute atomic E-state index is 0.196. The number of nitrogens with zero attached hydrogens (tertiary/aromatic N) is 3. The monoisotopic (exact) mass is 471 g/mol. The summed E-state index contributed by atoms with van der Waals surface area (Å²) < 4.78 is 24.0. The highest BCUT2D eigenvalue weighted by Crippen LogP contribution is 2.34. The average Bonchev–Trinajstić information content (AvgIpc) is 2.82. The van der Waals surface area contributed by atoms with Crippen LogP contribution < -0.4 is 0 Å². The van der Waals surface area contributed by atoms with Gasteiger partial charge in [-0.2, -0.15) is 0 Å². The van der Waals surface area contributed by atoms with Crippen LogP contribution in [-0.2, 0) is 37.0 Å². The summed E-state index contributed by atoms with van der Waals surface area (Å²) in [6, 6.07) is 18.8. The molecule has 0 aliphatic carbocycles. The van der Waals surface area contributed by atoms with Crippen molar-refractivity contribution in [2.75, 3.05) is 12.4 Å². The Balaban J connectivity index is 1.81. The van der Waals surface area contributed by atoms with Gasteiger partial charge < -0.3 is 18.9 Å². The first-order valence-electron chi connectivity index (χ1n) is 10.9. The molecular weight excluding hydrogens is 442 g/mol. The Morgan fingerprint density at radius 3 is 2.27 bits per heavy atom. The van der Waals surface area contributed by atoms with E-state index in [9.17, 15) is 10.3 Å². The highest BCUT2D eigenvalue weighted by atomic mass is 32.2. The molecule has 33 heavy (non-hydrogen) atoms. The molecule has 3 rings (SSSR count). The number of carbonyl (C=O) groups excluding carboxylic acids is 1. The average molecular weight is 472 g/mol. The van der Waals surface area contributed by atoms with Gasteiger partial charge in [-0.15, -0.1) is 11.8 Å². The summed E-state index contributed by atoms with van der Waals surface area (Å²) in [5.41, 5.74) is 10.7. The molecule has 1 saturated heterocycles. The van der Waals surface area contributed by atoms with Crippen molar-refractivity contribution in [1.82, 2.24) is 0 Å². The van der Waals surface area contributed by atoms with Gasteiger partial charge in [0.05, 0.1) is 19.8 Å². The summed E-state index contributed by atoms with van der Waals surface area (Å²) in [6.45, 7) is 4.21. The highest BCUT2D eigenvalue weighted by Gasteiger charge is 2.48. The lowest BCUT2D eigenvalue weighted by Crippen LogP contribution is -2.59. The van der Waals surface area contributed by atoms with Crippen LogP contribution in [0.25, 0.3) is 10.4 Å². The van der Waals surface area contributed by atoms with Crippen molar-refractivity contribution in [1.29, 1.82) is 0 Å². The van der Waals surface area contributed by atoms with Gasteiger partial charge in [-0.25, -0.2) is 0 Å². The van der Waals surface area contributed by atoms with Crippen molar-refractivity contribution in [3.63, 3.8) is 0 Å². The molecule has 0 radical (unpaired) electrons. The molecule has 9 heteroatoms. The van der Waals surface area contributed by atoms with Gasteiger partial charge in [0, 0.05) is 11.8 Å². The Morgan fingerprint density at radius 1 is 1.06 bits per heavy atom. The zero-order valence-electron chi connectivity index (χ0n) is 18.8. The Morgan fingerprint density at radius 2 is 1.70 bits per heavy atom. The van der Waals surface area contributed by atoms with Crippen LogP contribution in [0.1, 0.15) is 25.0 Å². The van der Waals surface area contributed by atoms with Crippen LogP contribution >= 0.6 is 11.8 Å². The first kappa shape index (κ1) is 25.1. The molecule has 0 spiro atoms. The summed E-state index contributed by atoms with van der Waals surface area (Å²) in [5, 5.41) is 3.97. The number of benzene rings is 2. The first-order chi connectivity index (χ1) is 16.1. The number of hydrogen-bond acceptors (Lipinski definition) is 7. The first-order valence-corrected chi connectivity index (χ1v) is 11.9. The van der Waals surface area contributed by atoms with E-state index in [2.05, 4.69) is 10.0 Å². The normalized spacial score (nSPS) is 24.6. The third-order valence-electron chi connectivity index (χ3n) is 5.11. The summed E-state index contributed by atoms with van der Waals surface area (Å²) in [5.74, 6) is 0.287. The lowest BCUT2D eigenvalue weighted by atomic mass is 9.98. The maximum absolute atomic E-state index is 12.0. The molecule has 1 aliphatic heterocycles. The number of carbonyl (C=O) groups is 1. The second kappa shape index (κ2) is 13.2. The molecule has 176 valence electrons. The molecule has 0 aromatic heterocycles. The van der Waals surface area contributed by atoms with Gasteiger partial charge in [0.15, 0.2) is 6.10 Å². The van der Waals surface area contributed by atoms with Gasteiger partial charge in [0.2, 0.25) is 0 Å². The predicted molar refractivity (Wildman–Crippen MR) is 126 cm³/mol. The Labute approximate surface area is 198 Å². The van der Waals surface area contributed by atoms with E-state index in [1.165, 1.54) is 18.7 Å². The van der Waals surface area contributed by atoms with Gasteiger partial charge in [-0.05, 0) is 22.4 Å². The predicted octanol–water partition coefficient (Wildman–Crippen LogP) is 4.88. The Bertz CT molecular complexity index is 911. The summed E-state index contributed by atoms with van der Waals surface area (Å²) in [6.07, 6.45) is -2.05. The van der Waals surface area contributed by atoms with Crippen LogP contribution in [0.3, 0.4) is 0 Å². The van der Waals surface area contributed by atoms with E-state index in [0.29, 0.717) is 6.61 Å². The third kappa shape index (κ3) is 7.48. The van der Waals surface area contributed by atoms with Crippen molar-refractivity contribution < 1.29 is 23.7 Å². The van der Waals surface area contributed by atoms with E-state index in [1.807, 2.05) is 67.6 Å². The zero-order valence-corrected chi connectivity index (χ0v) is 19.6. The van der Waals surface area contributed by atoms with Gasteiger partial charge >= 0.3 is 5.97 Å². The third-order valence-corrected chi connectivity index (χ3v) is 6.16. The van der Waals surface area contributed by atoms with Gasteiger partial charge in [-0.1, -0.05) is 72.7 Å². The van der Waals surface area contributed by atoms with Crippen LogP contribution in [0.5, 0.6) is 0 Å². The van der Waals surface area contributed by atoms with E-state index >= 15 is 0 Å². The molecule has 1 aliphatic rings. The van der Waals surface area contributed by atoms with E-state index < -0.39 is 35.8 Å². The lowest BCUT2D eigenvalue weighted by Gasteiger charge is -2.44. The summed E-state index contributed by atoms with van der Waals surface area (Å²) >= 11 is 1.52. The Hall–Kier alpha value is -2.55. The molecule has 0 saturated carbocycles. The second-order valence-electron chi connectivity index (χ2n) is 7.53. The van der Waals surface area contributed by atoms with E-state index in [1.54, 1.807) is 0 Å². The molecule has 0 bridgehead atoms. The van der Waals surface area contributed by atoms with Crippen molar-refractivity contribution in [2.45, 2.75) is 56.9 Å². The topological polar surface area (TPSA) is 103 Å². The van der Waals surface area contributed by atoms with Crippen LogP contribution in [0.15, 0.2) is 65.8 Å². The molecule has 8 nitrogen and oxygen atoms in total. The number of ether oxygens (including phenoxy) is 4. The maximum atomic E-state index is 12.0. The van der Waals surface area contributed by atoms with Crippen molar-refractivity contribution in [3.8, 4) is 0 Å². The molecule has 5 atom stereocenters. The molecule has 2 aromatic rings. The number of hydrogen-bond donors (Lipinski definition) is 0. The smallest absolute Gasteiger partial charge is 0.303 e. The SMILES string of the molecule is CCS[C@@H]1OC(COCc2ccccc2)[C@@H](OC(C)=O)C(OCc2ccccc2)C1N=[N+]=[N-]. The van der Waals surface area contributed by atoms with E-state index in [-0.39, 0.29) is 13.2 Å². The highest BCUT2D eigenvalue weighted by molar-refractivity contribution is 7.99. The molecule has 0 amide bonds. The molecular formula is C24H29N3O5S. The number of thioether (sulfide) groups is 1. The second-order valence-corrected chi connectivity index (χ2v) is 8.91. The van der Waals surface area contributed by atoms with E-state index in [0.717, 1.165) is 16.9 Å². The minimum Gasteiger partial charge on any atom is -0.457 e. The fourth-order valence-electron chi connectivity index (χ4n) is 3.67. The van der Waals surface area contributed by atoms with Crippen LogP contribution in [0, 0.1) is 0 Å². The minimum atomic E-state index is -0.786. The number of esters is 1. The van der Waals surface area contributed by atoms with E-state index in [4.69, 9.17) is 18.9 Å². The maximum Gasteiger partial charge on any atom is 0.303 e. The number of rotatable bonds is 11. The van der Waals surface area contributed by atoms with Crippen LogP contribution in [0.4, 0.5) is 0 Å². The van der Waals surface area contributed by atoms with Gasteiger partial charge in [0.1, 0.15) is 23.7 Å². The Kier molecular flexibility index (Phi) is 10.1. The van der Waals surface area contributed by atoms with Crippen molar-refractivity contribution in [3.05, 3.63) is 82.2 Å². The fraction of sp³-hybridized carbons (Fsp3) is 0.458. The standard InChI is InChI=1S/C24H29N3O5S/c1-3-33-24-21(26-27-25)23(30-15-19-12-8-5-9-13-19)22(31-17(2)28)20(32-24)16-29-14-18-10-6-4-7-11-18/h4-13,20-24H,3,14-16H2,1-2H3/t20?,21?,22-,23?,24+/m1/s1. The van der Waals surface area contributed by atoms with Crippen molar-refractivity contribution >= 4 is 17.7 Å². The molecule has 1 fully saturated rings. The zero-order chi connectivity index (χ0) is 23.5. The van der Waals surface area contributed by atoms with Crippen molar-refractivity contribution in [2.24, 2.45) is 5.11 Å². The quantitative estimate of drug-likeness (QED) is 0.200. The van der Waals surface area contributed by atoms with Crippen LogP contribution in [0.2, 0.25) is 0 Å². The van der Waals surface area contributed by atoms with Gasteiger partial charge in [0.25, 0.3) is 0 Å². The van der Waals surface area contributed by atoms with Crippen LogP contribution in [-0.4, -0.2) is 48.1 Å². The molecule has 2 aromatic carbocycles. The summed E-state index contributed by atoms with van der Waals surface area (Å²) in [4.78, 5) is 15.0.